The van der Waals surface area contributed by atoms with E-state index in [1.54, 1.807) is 0 Å². The van der Waals surface area contributed by atoms with Crippen LogP contribution in [0.2, 0.25) is 0 Å². The molecule has 0 aliphatic heterocycles. The van der Waals surface area contributed by atoms with Gasteiger partial charge in [-0.15, -0.1) is 0 Å². The third kappa shape index (κ3) is 8.18. The zero-order chi connectivity index (χ0) is 24.8. The second-order valence-electron chi connectivity index (χ2n) is 12.6. The normalized spacial score (nSPS) is 33.5. The Kier molecular flexibility index (Phi) is 9.54. The lowest BCUT2D eigenvalue weighted by Crippen LogP contribution is -2.42. The minimum atomic E-state index is -0.669. The highest BCUT2D eigenvalue weighted by atomic mass is 17.2. The topological polar surface area (TPSA) is 60.0 Å². The van der Waals surface area contributed by atoms with Crippen LogP contribution in [0.1, 0.15) is 97.0 Å². The monoisotopic (exact) mass is 487 g/mol. The lowest BCUT2D eigenvalue weighted by atomic mass is 9.64. The molecular weight excluding hydrogens is 438 g/mol. The Bertz CT molecular complexity index is 757. The summed E-state index contributed by atoms with van der Waals surface area (Å²) in [6.07, 6.45) is 11.3. The molecule has 1 aromatic carbocycles. The maximum atomic E-state index is 9.73. The van der Waals surface area contributed by atoms with Crippen LogP contribution in [0.4, 0.5) is 0 Å². The van der Waals surface area contributed by atoms with Gasteiger partial charge in [0.15, 0.2) is 0 Å². The fraction of sp³-hybridized carbons (Fsp3) is 0.800. The smallest absolute Gasteiger partial charge is 0.119 e. The minimum Gasteiger partial charge on any atom is -0.494 e. The highest BCUT2D eigenvalue weighted by molar-refractivity contribution is 5.29. The first-order valence-corrected chi connectivity index (χ1v) is 14.2. The minimum absolute atomic E-state index is 0.201. The molecule has 7 atom stereocenters. The first-order valence-electron chi connectivity index (χ1n) is 14.2. The SMILES string of the molecule is CC1CC2CC(C)C(OO[C@@H]3CCCC(c4ccc(OCCCNCC(C)(C)O)cc4)C3)C(C1)C2. The standard InChI is InChI=1S/C30H49NO4/c1-21-15-23-17-22(2)29(26(16-21)18-23)35-34-28-8-5-7-25(19-28)24-9-11-27(12-10-24)33-14-6-13-31-20-30(3,4)32/h9-12,21-23,25-26,28-29,31-32H,5-8,13-20H2,1-4H3/t21?,22?,23?,25?,26?,28-,29?/m1/s1. The summed E-state index contributed by atoms with van der Waals surface area (Å²) in [5.74, 6) is 4.47. The van der Waals surface area contributed by atoms with Crippen LogP contribution in [0.3, 0.4) is 0 Å². The first kappa shape index (κ1) is 26.9. The number of aliphatic hydroxyl groups is 1. The highest BCUT2D eigenvalue weighted by Crippen LogP contribution is 2.46. The molecule has 6 unspecified atom stereocenters. The van der Waals surface area contributed by atoms with E-state index in [-0.39, 0.29) is 12.2 Å². The first-order chi connectivity index (χ1) is 16.8. The Morgan fingerprint density at radius 2 is 1.77 bits per heavy atom. The van der Waals surface area contributed by atoms with Crippen molar-refractivity contribution in [1.82, 2.24) is 5.32 Å². The van der Waals surface area contributed by atoms with Gasteiger partial charge in [0.2, 0.25) is 0 Å². The van der Waals surface area contributed by atoms with Crippen molar-refractivity contribution >= 4 is 0 Å². The van der Waals surface area contributed by atoms with Gasteiger partial charge >= 0.3 is 0 Å². The zero-order valence-corrected chi connectivity index (χ0v) is 22.5. The maximum absolute atomic E-state index is 9.73. The molecule has 198 valence electrons. The summed E-state index contributed by atoms with van der Waals surface area (Å²) in [6, 6.07) is 8.65. The van der Waals surface area contributed by atoms with Gasteiger partial charge in [-0.25, -0.2) is 9.78 Å². The van der Waals surface area contributed by atoms with Crippen LogP contribution in [0.25, 0.3) is 0 Å². The van der Waals surface area contributed by atoms with Crippen molar-refractivity contribution in [1.29, 1.82) is 0 Å². The lowest BCUT2D eigenvalue weighted by Gasteiger charge is -2.45. The van der Waals surface area contributed by atoms with Crippen LogP contribution in [0.15, 0.2) is 24.3 Å². The van der Waals surface area contributed by atoms with Gasteiger partial charge in [0, 0.05) is 6.54 Å². The molecule has 1 aromatic rings. The second-order valence-corrected chi connectivity index (χ2v) is 12.6. The molecule has 3 aliphatic carbocycles. The number of hydrogen-bond donors (Lipinski definition) is 2. The third-order valence-electron chi connectivity index (χ3n) is 8.41. The molecule has 2 N–H and O–H groups in total. The molecule has 0 radical (unpaired) electrons. The van der Waals surface area contributed by atoms with E-state index in [1.807, 2.05) is 13.8 Å². The van der Waals surface area contributed by atoms with Gasteiger partial charge in [0.1, 0.15) is 5.75 Å². The Hall–Kier alpha value is -1.14. The van der Waals surface area contributed by atoms with Gasteiger partial charge in [0.25, 0.3) is 0 Å². The number of nitrogens with one attached hydrogen (secondary N) is 1. The number of fused-ring (bicyclic) bond motifs is 2. The number of ether oxygens (including phenoxy) is 1. The largest absolute Gasteiger partial charge is 0.494 e. The van der Waals surface area contributed by atoms with Gasteiger partial charge in [-0.05, 0) is 119 Å². The van der Waals surface area contributed by atoms with Crippen LogP contribution < -0.4 is 10.1 Å². The highest BCUT2D eigenvalue weighted by Gasteiger charge is 2.41. The summed E-state index contributed by atoms with van der Waals surface area (Å²) < 4.78 is 5.91. The van der Waals surface area contributed by atoms with Gasteiger partial charge in [0.05, 0.1) is 24.4 Å². The molecule has 35 heavy (non-hydrogen) atoms. The number of rotatable bonds is 11. The summed E-state index contributed by atoms with van der Waals surface area (Å²) in [5, 5.41) is 13.0. The molecule has 0 heterocycles. The van der Waals surface area contributed by atoms with E-state index in [1.165, 1.54) is 44.1 Å². The Morgan fingerprint density at radius 3 is 2.54 bits per heavy atom. The van der Waals surface area contributed by atoms with Crippen molar-refractivity contribution in [2.45, 2.75) is 109 Å². The molecule has 2 bridgehead atoms. The molecule has 0 aromatic heterocycles. The van der Waals surface area contributed by atoms with Crippen LogP contribution in [-0.2, 0) is 9.78 Å². The summed E-state index contributed by atoms with van der Waals surface area (Å²) in [7, 11) is 0. The van der Waals surface area contributed by atoms with Crippen LogP contribution in [0.5, 0.6) is 5.75 Å². The van der Waals surface area contributed by atoms with E-state index in [2.05, 4.69) is 43.4 Å². The van der Waals surface area contributed by atoms with E-state index in [0.717, 1.165) is 43.4 Å². The summed E-state index contributed by atoms with van der Waals surface area (Å²) in [5.41, 5.74) is 0.713. The molecule has 3 saturated carbocycles. The fourth-order valence-electron chi connectivity index (χ4n) is 6.86. The molecule has 0 saturated heterocycles. The van der Waals surface area contributed by atoms with Crippen molar-refractivity contribution in [2.75, 3.05) is 19.7 Å². The Morgan fingerprint density at radius 1 is 0.971 bits per heavy atom. The van der Waals surface area contributed by atoms with Crippen LogP contribution >= 0.6 is 0 Å². The van der Waals surface area contributed by atoms with Crippen LogP contribution in [0, 0.1) is 23.7 Å². The average Bonchev–Trinajstić information content (AvgIpc) is 2.80. The lowest BCUT2D eigenvalue weighted by molar-refractivity contribution is -0.377. The molecule has 5 nitrogen and oxygen atoms in total. The summed E-state index contributed by atoms with van der Waals surface area (Å²) in [6.45, 7) is 10.5. The fourth-order valence-corrected chi connectivity index (χ4v) is 6.86. The van der Waals surface area contributed by atoms with E-state index < -0.39 is 5.60 Å². The maximum Gasteiger partial charge on any atom is 0.119 e. The van der Waals surface area contributed by atoms with E-state index in [9.17, 15) is 5.11 Å². The third-order valence-corrected chi connectivity index (χ3v) is 8.41. The Balaban J connectivity index is 1.19. The molecule has 5 heteroatoms. The number of hydrogen-bond acceptors (Lipinski definition) is 5. The van der Waals surface area contributed by atoms with Crippen molar-refractivity contribution < 1.29 is 19.6 Å². The quantitative estimate of drug-likeness (QED) is 0.219. The van der Waals surface area contributed by atoms with Crippen molar-refractivity contribution in [3.05, 3.63) is 29.8 Å². The molecule has 3 fully saturated rings. The molecule has 3 aliphatic rings. The van der Waals surface area contributed by atoms with E-state index in [4.69, 9.17) is 14.5 Å². The molecule has 0 amide bonds. The molecular formula is C30H49NO4. The van der Waals surface area contributed by atoms with Gasteiger partial charge in [-0.3, -0.25) is 0 Å². The van der Waals surface area contributed by atoms with Gasteiger partial charge in [-0.2, -0.15) is 0 Å². The molecule has 0 spiro atoms. The van der Waals surface area contributed by atoms with Crippen molar-refractivity contribution in [2.24, 2.45) is 23.7 Å². The van der Waals surface area contributed by atoms with Crippen molar-refractivity contribution in [3.63, 3.8) is 0 Å². The van der Waals surface area contributed by atoms with E-state index in [0.29, 0.717) is 30.9 Å². The predicted molar refractivity (Wildman–Crippen MR) is 140 cm³/mol. The average molecular weight is 488 g/mol. The second kappa shape index (κ2) is 12.4. The van der Waals surface area contributed by atoms with Crippen LogP contribution in [-0.4, -0.2) is 42.6 Å². The number of benzene rings is 1. The zero-order valence-electron chi connectivity index (χ0n) is 22.5. The Labute approximate surface area is 213 Å². The summed E-state index contributed by atoms with van der Waals surface area (Å²) >= 11 is 0. The van der Waals surface area contributed by atoms with E-state index >= 15 is 0 Å². The van der Waals surface area contributed by atoms with Gasteiger partial charge < -0.3 is 15.2 Å². The van der Waals surface area contributed by atoms with Crippen molar-refractivity contribution in [3.8, 4) is 5.75 Å². The van der Waals surface area contributed by atoms with Gasteiger partial charge in [-0.1, -0.05) is 32.4 Å². The summed E-state index contributed by atoms with van der Waals surface area (Å²) in [4.78, 5) is 12.4. The molecule has 4 rings (SSSR count). The predicted octanol–water partition coefficient (Wildman–Crippen LogP) is 6.25.